The maximum Gasteiger partial charge on any atom is 0.200 e. The van der Waals surface area contributed by atoms with E-state index in [2.05, 4.69) is 23.2 Å². The minimum Gasteiger partial charge on any atom is -0.268 e. The summed E-state index contributed by atoms with van der Waals surface area (Å²) in [6.45, 7) is 2.05. The molecule has 1 N–H and O–H groups in total. The van der Waals surface area contributed by atoms with Gasteiger partial charge in [0.25, 0.3) is 0 Å². The van der Waals surface area contributed by atoms with E-state index in [1.807, 2.05) is 47.0 Å². The molecule has 1 heterocycles. The van der Waals surface area contributed by atoms with Crippen molar-refractivity contribution < 1.29 is 0 Å². The van der Waals surface area contributed by atoms with E-state index < -0.39 is 0 Å². The number of aryl methyl sites for hydroxylation is 1. The molecule has 0 aliphatic heterocycles. The lowest BCUT2D eigenvalue weighted by Crippen LogP contribution is -1.99. The molecule has 2 aromatic carbocycles. The molecule has 3 nitrogen and oxygen atoms in total. The Morgan fingerprint density at radius 3 is 2.50 bits per heavy atom. The van der Waals surface area contributed by atoms with Gasteiger partial charge in [-0.2, -0.15) is 5.10 Å². The Morgan fingerprint density at radius 2 is 1.80 bits per heavy atom. The standard InChI is InChI=1S/C15H12ClN3S/c1-10-4-2-3-5-13(10)19-14(17-18-15(19)20)11-6-8-12(16)9-7-11/h2-9H,1H3,(H,18,20). The maximum absolute atomic E-state index is 5.93. The molecule has 1 aromatic heterocycles. The van der Waals surface area contributed by atoms with Crippen LogP contribution in [0.4, 0.5) is 0 Å². The summed E-state index contributed by atoms with van der Waals surface area (Å²) in [6.07, 6.45) is 0. The molecule has 0 amide bonds. The molecule has 0 aliphatic rings. The Kier molecular flexibility index (Phi) is 3.42. The van der Waals surface area contributed by atoms with Gasteiger partial charge in [0, 0.05) is 10.6 Å². The number of hydrogen-bond donors (Lipinski definition) is 1. The Balaban J connectivity index is 2.23. The fourth-order valence-corrected chi connectivity index (χ4v) is 2.48. The van der Waals surface area contributed by atoms with Gasteiger partial charge in [-0.25, -0.2) is 0 Å². The zero-order valence-corrected chi connectivity index (χ0v) is 12.4. The number of nitrogens with zero attached hydrogens (tertiary/aromatic N) is 2. The molecule has 0 atom stereocenters. The summed E-state index contributed by atoms with van der Waals surface area (Å²) in [6, 6.07) is 15.6. The number of H-pyrrole nitrogens is 1. The first-order valence-electron chi connectivity index (χ1n) is 6.16. The van der Waals surface area contributed by atoms with Gasteiger partial charge in [-0.1, -0.05) is 29.8 Å². The lowest BCUT2D eigenvalue weighted by Gasteiger charge is -2.09. The fourth-order valence-electron chi connectivity index (χ4n) is 2.13. The number of aromatic nitrogens is 3. The van der Waals surface area contributed by atoms with E-state index in [0.717, 1.165) is 22.6 Å². The Morgan fingerprint density at radius 1 is 1.10 bits per heavy atom. The number of benzene rings is 2. The molecular weight excluding hydrogens is 290 g/mol. The fraction of sp³-hybridized carbons (Fsp3) is 0.0667. The summed E-state index contributed by atoms with van der Waals surface area (Å²) in [5, 5.41) is 7.89. The van der Waals surface area contributed by atoms with Crippen molar-refractivity contribution in [3.05, 3.63) is 63.9 Å². The van der Waals surface area contributed by atoms with Crippen molar-refractivity contribution in [1.82, 2.24) is 14.8 Å². The van der Waals surface area contributed by atoms with Crippen molar-refractivity contribution in [2.24, 2.45) is 0 Å². The third-order valence-corrected chi connectivity index (χ3v) is 3.66. The smallest absolute Gasteiger partial charge is 0.200 e. The highest BCUT2D eigenvalue weighted by Crippen LogP contribution is 2.24. The van der Waals surface area contributed by atoms with E-state index in [1.54, 1.807) is 0 Å². The summed E-state index contributed by atoms with van der Waals surface area (Å²) in [4.78, 5) is 0. The van der Waals surface area contributed by atoms with E-state index in [1.165, 1.54) is 0 Å². The van der Waals surface area contributed by atoms with Crippen LogP contribution in [0.3, 0.4) is 0 Å². The average molecular weight is 302 g/mol. The van der Waals surface area contributed by atoms with Crippen LogP contribution in [0.2, 0.25) is 5.02 Å². The molecule has 100 valence electrons. The minimum absolute atomic E-state index is 0.573. The predicted octanol–water partition coefficient (Wildman–Crippen LogP) is 4.56. The van der Waals surface area contributed by atoms with E-state index in [4.69, 9.17) is 23.8 Å². The predicted molar refractivity (Wildman–Crippen MR) is 83.9 cm³/mol. The summed E-state index contributed by atoms with van der Waals surface area (Å²) >= 11 is 11.3. The number of rotatable bonds is 2. The first-order valence-corrected chi connectivity index (χ1v) is 6.95. The van der Waals surface area contributed by atoms with Crippen LogP contribution < -0.4 is 0 Å². The van der Waals surface area contributed by atoms with Crippen LogP contribution in [0.25, 0.3) is 17.1 Å². The minimum atomic E-state index is 0.573. The molecule has 0 saturated heterocycles. The third-order valence-electron chi connectivity index (χ3n) is 3.13. The van der Waals surface area contributed by atoms with Crippen molar-refractivity contribution in [3.63, 3.8) is 0 Å². The van der Waals surface area contributed by atoms with Gasteiger partial charge in [-0.15, -0.1) is 0 Å². The molecule has 3 aromatic rings. The normalized spacial score (nSPS) is 10.7. The second-order valence-electron chi connectivity index (χ2n) is 4.48. The van der Waals surface area contributed by atoms with Gasteiger partial charge < -0.3 is 0 Å². The molecule has 0 aliphatic carbocycles. The quantitative estimate of drug-likeness (QED) is 0.704. The summed E-state index contributed by atoms with van der Waals surface area (Å²) in [7, 11) is 0. The molecular formula is C15H12ClN3S. The van der Waals surface area contributed by atoms with Crippen molar-refractivity contribution in [2.45, 2.75) is 6.92 Å². The molecule has 3 rings (SSSR count). The first kappa shape index (κ1) is 13.1. The number of nitrogens with one attached hydrogen (secondary N) is 1. The summed E-state index contributed by atoms with van der Waals surface area (Å²) < 4.78 is 2.51. The summed E-state index contributed by atoms with van der Waals surface area (Å²) in [5.74, 6) is 0.779. The van der Waals surface area contributed by atoms with Crippen LogP contribution >= 0.6 is 23.8 Å². The highest BCUT2D eigenvalue weighted by Gasteiger charge is 2.11. The zero-order chi connectivity index (χ0) is 14.1. The van der Waals surface area contributed by atoms with Gasteiger partial charge in [0.1, 0.15) is 0 Å². The van der Waals surface area contributed by atoms with Gasteiger partial charge in [0.15, 0.2) is 10.6 Å². The Bertz CT molecular complexity index is 802. The maximum atomic E-state index is 5.93. The van der Waals surface area contributed by atoms with Gasteiger partial charge in [0.05, 0.1) is 5.69 Å². The molecule has 20 heavy (non-hydrogen) atoms. The molecule has 0 saturated carbocycles. The van der Waals surface area contributed by atoms with Gasteiger partial charge in [-0.3, -0.25) is 9.67 Å². The van der Waals surface area contributed by atoms with Crippen LogP contribution in [-0.2, 0) is 0 Å². The summed E-state index contributed by atoms with van der Waals surface area (Å²) in [5.41, 5.74) is 3.13. The lowest BCUT2D eigenvalue weighted by atomic mass is 10.1. The second kappa shape index (κ2) is 5.23. The van der Waals surface area contributed by atoms with Crippen molar-refractivity contribution in [2.75, 3.05) is 0 Å². The number of halogens is 1. The van der Waals surface area contributed by atoms with Crippen LogP contribution in [0.15, 0.2) is 48.5 Å². The second-order valence-corrected chi connectivity index (χ2v) is 5.30. The van der Waals surface area contributed by atoms with Gasteiger partial charge in [0.2, 0.25) is 0 Å². The molecule has 0 fully saturated rings. The van der Waals surface area contributed by atoms with E-state index in [9.17, 15) is 0 Å². The van der Waals surface area contributed by atoms with Gasteiger partial charge >= 0.3 is 0 Å². The SMILES string of the molecule is Cc1ccccc1-n1c(-c2ccc(Cl)cc2)n[nH]c1=S. The van der Waals surface area contributed by atoms with Crippen LogP contribution in [0.5, 0.6) is 0 Å². The van der Waals surface area contributed by atoms with E-state index in [-0.39, 0.29) is 0 Å². The zero-order valence-electron chi connectivity index (χ0n) is 10.8. The van der Waals surface area contributed by atoms with E-state index >= 15 is 0 Å². The van der Waals surface area contributed by atoms with Gasteiger partial charge in [-0.05, 0) is 55.0 Å². The Hall–Kier alpha value is -1.91. The van der Waals surface area contributed by atoms with Crippen molar-refractivity contribution in [1.29, 1.82) is 0 Å². The third kappa shape index (κ3) is 2.28. The van der Waals surface area contributed by atoms with Crippen LogP contribution in [-0.4, -0.2) is 14.8 Å². The average Bonchev–Trinajstić information content (AvgIpc) is 2.82. The molecule has 5 heteroatoms. The molecule has 0 unspecified atom stereocenters. The molecule has 0 spiro atoms. The van der Waals surface area contributed by atoms with Crippen LogP contribution in [0, 0.1) is 11.7 Å². The number of aromatic amines is 1. The largest absolute Gasteiger partial charge is 0.268 e. The lowest BCUT2D eigenvalue weighted by molar-refractivity contribution is 1.02. The van der Waals surface area contributed by atoms with Crippen LogP contribution in [0.1, 0.15) is 5.56 Å². The van der Waals surface area contributed by atoms with Crippen molar-refractivity contribution in [3.8, 4) is 17.1 Å². The highest BCUT2D eigenvalue weighted by molar-refractivity contribution is 7.71. The topological polar surface area (TPSA) is 33.6 Å². The number of para-hydroxylation sites is 1. The van der Waals surface area contributed by atoms with E-state index in [0.29, 0.717) is 9.79 Å². The van der Waals surface area contributed by atoms with Crippen molar-refractivity contribution >= 4 is 23.8 Å². The number of hydrogen-bond acceptors (Lipinski definition) is 2. The Labute approximate surface area is 126 Å². The monoisotopic (exact) mass is 301 g/mol. The highest BCUT2D eigenvalue weighted by atomic mass is 35.5. The molecule has 0 bridgehead atoms. The first-order chi connectivity index (χ1) is 9.66. The molecule has 0 radical (unpaired) electrons.